The number of amides is 2. The largest absolute Gasteiger partial charge is 0.496 e. The summed E-state index contributed by atoms with van der Waals surface area (Å²) in [5.41, 5.74) is 1.50. The maximum atomic E-state index is 13.5. The van der Waals surface area contributed by atoms with Crippen LogP contribution in [-0.4, -0.2) is 61.5 Å². The second-order valence-electron chi connectivity index (χ2n) is 8.57. The number of anilines is 1. The molecule has 10 heteroatoms. The topological polar surface area (TPSA) is 88.5 Å². The Labute approximate surface area is 228 Å². The molecule has 8 nitrogen and oxygen atoms in total. The number of halogens is 2. The van der Waals surface area contributed by atoms with E-state index in [1.807, 2.05) is 18.2 Å². The molecule has 1 N–H and O–H groups in total. The van der Waals surface area contributed by atoms with E-state index in [4.69, 9.17) is 14.2 Å². The quantitative estimate of drug-likeness (QED) is 0.335. The molecule has 3 rings (SSSR count). The lowest BCUT2D eigenvalue weighted by molar-refractivity contribution is -0.138. The number of morpholine rings is 1. The number of ether oxygens (including phenoxy) is 3. The van der Waals surface area contributed by atoms with Gasteiger partial charge in [-0.05, 0) is 81.0 Å². The molecule has 2 unspecified atom stereocenters. The zero-order valence-electron chi connectivity index (χ0n) is 20.9. The summed E-state index contributed by atoms with van der Waals surface area (Å²) in [7, 11) is 1.65. The van der Waals surface area contributed by atoms with Gasteiger partial charge in [-0.2, -0.15) is 0 Å². The highest BCUT2D eigenvalue weighted by atomic mass is 79.9. The Kier molecular flexibility index (Phi) is 10.0. The van der Waals surface area contributed by atoms with Crippen molar-refractivity contribution < 1.29 is 28.9 Å². The molecule has 0 radical (unpaired) electrons. The molecular weight excluding hydrogens is 596 g/mol. The third-order valence-corrected chi connectivity index (χ3v) is 7.47. The maximum Gasteiger partial charge on any atom is 0.326 e. The van der Waals surface area contributed by atoms with E-state index in [2.05, 4.69) is 45.7 Å². The van der Waals surface area contributed by atoms with Gasteiger partial charge < -0.3 is 24.2 Å². The fraction of sp³-hybridized carbons (Fsp3) is 0.462. The summed E-state index contributed by atoms with van der Waals surface area (Å²) in [5, 5.41) is 9.88. The summed E-state index contributed by atoms with van der Waals surface area (Å²) in [6.07, 6.45) is 1.21. The van der Waals surface area contributed by atoms with E-state index in [1.54, 1.807) is 31.1 Å². The minimum atomic E-state index is -1.07. The highest BCUT2D eigenvalue weighted by molar-refractivity contribution is 9.11. The minimum absolute atomic E-state index is 0.253. The number of carboxylic acids is 1. The molecule has 2 amide bonds. The van der Waals surface area contributed by atoms with Crippen molar-refractivity contribution in [2.45, 2.75) is 45.6 Å². The van der Waals surface area contributed by atoms with Gasteiger partial charge in [0.05, 0.1) is 29.3 Å². The van der Waals surface area contributed by atoms with Crippen molar-refractivity contribution in [3.63, 3.8) is 0 Å². The molecule has 0 aromatic heterocycles. The molecule has 1 aliphatic heterocycles. The summed E-state index contributed by atoms with van der Waals surface area (Å²) in [4.78, 5) is 28.5. The number of nitrogens with zero attached hydrogens (tertiary/aromatic N) is 2. The highest BCUT2D eigenvalue weighted by Gasteiger charge is 2.34. The van der Waals surface area contributed by atoms with Crippen molar-refractivity contribution in [2.24, 2.45) is 0 Å². The van der Waals surface area contributed by atoms with E-state index in [0.29, 0.717) is 58.4 Å². The first kappa shape index (κ1) is 28.3. The molecule has 1 aliphatic rings. The summed E-state index contributed by atoms with van der Waals surface area (Å²) in [6.45, 7) is 7.66. The first-order valence-electron chi connectivity index (χ1n) is 11.9. The normalized spacial score (nSPS) is 15.2. The monoisotopic (exact) mass is 626 g/mol. The van der Waals surface area contributed by atoms with Crippen molar-refractivity contribution in [1.29, 1.82) is 0 Å². The van der Waals surface area contributed by atoms with Gasteiger partial charge in [0.25, 0.3) is 0 Å². The van der Waals surface area contributed by atoms with Gasteiger partial charge in [0.15, 0.2) is 5.75 Å². The van der Waals surface area contributed by atoms with Gasteiger partial charge in [-0.3, -0.25) is 4.90 Å². The molecular formula is C26H32Br2N2O6. The Morgan fingerprint density at radius 1 is 1.11 bits per heavy atom. The van der Waals surface area contributed by atoms with Crippen molar-refractivity contribution in [1.82, 2.24) is 4.90 Å². The first-order chi connectivity index (χ1) is 17.2. The Morgan fingerprint density at radius 3 is 2.28 bits per heavy atom. The van der Waals surface area contributed by atoms with E-state index >= 15 is 0 Å². The number of rotatable bonds is 9. The molecule has 0 saturated carbocycles. The molecule has 2 aromatic rings. The lowest BCUT2D eigenvalue weighted by Crippen LogP contribution is -2.54. The number of urea groups is 1. The van der Waals surface area contributed by atoms with Crippen LogP contribution in [0, 0.1) is 0 Å². The fourth-order valence-electron chi connectivity index (χ4n) is 4.08. The maximum absolute atomic E-state index is 13.5. The fourth-order valence-corrected chi connectivity index (χ4v) is 5.40. The highest BCUT2D eigenvalue weighted by Crippen LogP contribution is 2.42. The summed E-state index contributed by atoms with van der Waals surface area (Å²) in [5.74, 6) is 1.18. The summed E-state index contributed by atoms with van der Waals surface area (Å²) >= 11 is 7.14. The standard InChI is InChI=1S/C26H32Br2N2O6/c1-5-16(3)19-15-18(7-8-23(19)34-4)36-24-20(27)13-17(14-21(24)28)30(22(6-2)25(31)32)26(33)29-9-11-35-12-10-29/h7-8,13-16,22H,5-6,9-12H2,1-4H3,(H,31,32). The van der Waals surface area contributed by atoms with E-state index in [9.17, 15) is 14.7 Å². The molecule has 36 heavy (non-hydrogen) atoms. The van der Waals surface area contributed by atoms with E-state index in [1.165, 1.54) is 4.90 Å². The number of benzene rings is 2. The van der Waals surface area contributed by atoms with Gasteiger partial charge in [0, 0.05) is 24.3 Å². The van der Waals surface area contributed by atoms with Crippen LogP contribution in [0.3, 0.4) is 0 Å². The zero-order valence-corrected chi connectivity index (χ0v) is 24.1. The van der Waals surface area contributed by atoms with Crippen LogP contribution in [0.15, 0.2) is 39.3 Å². The molecule has 2 atom stereocenters. The van der Waals surface area contributed by atoms with E-state index < -0.39 is 12.0 Å². The Balaban J connectivity index is 1.98. The number of hydrogen-bond donors (Lipinski definition) is 1. The van der Waals surface area contributed by atoms with Gasteiger partial charge in [-0.1, -0.05) is 20.8 Å². The molecule has 1 fully saturated rings. The van der Waals surface area contributed by atoms with Crippen molar-refractivity contribution in [3.8, 4) is 17.2 Å². The third-order valence-electron chi connectivity index (χ3n) is 6.30. The number of carboxylic acid groups (broad SMARTS) is 1. The van der Waals surface area contributed by atoms with Gasteiger partial charge in [0.2, 0.25) is 0 Å². The first-order valence-corrected chi connectivity index (χ1v) is 13.5. The van der Waals surface area contributed by atoms with E-state index in [0.717, 1.165) is 17.7 Å². The number of hydrogen-bond acceptors (Lipinski definition) is 5. The Morgan fingerprint density at radius 2 is 1.75 bits per heavy atom. The van der Waals surface area contributed by atoms with Crippen molar-refractivity contribution in [3.05, 3.63) is 44.8 Å². The second kappa shape index (κ2) is 12.8. The van der Waals surface area contributed by atoms with Crippen LogP contribution in [0.2, 0.25) is 0 Å². The van der Waals surface area contributed by atoms with Crippen LogP contribution < -0.4 is 14.4 Å². The van der Waals surface area contributed by atoms with Crippen LogP contribution in [-0.2, 0) is 9.53 Å². The van der Waals surface area contributed by atoms with Crippen LogP contribution in [0.5, 0.6) is 17.2 Å². The second-order valence-corrected chi connectivity index (χ2v) is 10.3. The minimum Gasteiger partial charge on any atom is -0.496 e. The van der Waals surface area contributed by atoms with Crippen molar-refractivity contribution >= 4 is 49.5 Å². The average Bonchev–Trinajstić information content (AvgIpc) is 2.88. The van der Waals surface area contributed by atoms with Crippen LogP contribution in [0.4, 0.5) is 10.5 Å². The van der Waals surface area contributed by atoms with E-state index in [-0.39, 0.29) is 12.5 Å². The number of methoxy groups -OCH3 is 1. The van der Waals surface area contributed by atoms with Gasteiger partial charge >= 0.3 is 12.0 Å². The predicted octanol–water partition coefficient (Wildman–Crippen LogP) is 6.65. The Hall–Kier alpha value is -2.30. The molecule has 0 aliphatic carbocycles. The summed E-state index contributed by atoms with van der Waals surface area (Å²) in [6, 6.07) is 7.72. The SMILES string of the molecule is CCC(C)c1cc(Oc2c(Br)cc(N(C(=O)N3CCOCC3)C(CC)C(=O)O)cc2Br)ccc1OC. The lowest BCUT2D eigenvalue weighted by Gasteiger charge is -2.36. The van der Waals surface area contributed by atoms with Crippen LogP contribution >= 0.6 is 31.9 Å². The molecule has 0 spiro atoms. The number of carbonyl (C=O) groups is 2. The molecule has 1 saturated heterocycles. The van der Waals surface area contributed by atoms with Gasteiger partial charge in [-0.15, -0.1) is 0 Å². The molecule has 0 bridgehead atoms. The van der Waals surface area contributed by atoms with Crippen LogP contribution in [0.1, 0.15) is 45.1 Å². The van der Waals surface area contributed by atoms with Crippen molar-refractivity contribution in [2.75, 3.05) is 38.3 Å². The zero-order chi connectivity index (χ0) is 26.4. The van der Waals surface area contributed by atoms with Gasteiger partial charge in [-0.25, -0.2) is 9.59 Å². The number of carbonyl (C=O) groups excluding carboxylic acids is 1. The van der Waals surface area contributed by atoms with Gasteiger partial charge in [0.1, 0.15) is 17.5 Å². The Bertz CT molecular complexity index is 1070. The molecule has 196 valence electrons. The molecule has 2 aromatic carbocycles. The average molecular weight is 628 g/mol. The summed E-state index contributed by atoms with van der Waals surface area (Å²) < 4.78 is 18.3. The predicted molar refractivity (Wildman–Crippen MR) is 146 cm³/mol. The number of aliphatic carboxylic acids is 1. The van der Waals surface area contributed by atoms with Crippen LogP contribution in [0.25, 0.3) is 0 Å². The lowest BCUT2D eigenvalue weighted by atomic mass is 9.97. The smallest absolute Gasteiger partial charge is 0.326 e. The molecule has 1 heterocycles. The third kappa shape index (κ3) is 6.33.